The molecule has 1 nitrogen and oxygen atoms in total. The van der Waals surface area contributed by atoms with Crippen LogP contribution in [0.3, 0.4) is 0 Å². The SMILES string of the molecule is C/C=C1/CC2(CCC1=O)CC2. The molecule has 0 aromatic rings. The van der Waals surface area contributed by atoms with Crippen molar-refractivity contribution < 1.29 is 4.79 Å². The Bertz CT molecular complexity index is 221. The number of hydrogen-bond donors (Lipinski definition) is 0. The van der Waals surface area contributed by atoms with E-state index >= 15 is 0 Å². The van der Waals surface area contributed by atoms with Crippen LogP contribution < -0.4 is 0 Å². The van der Waals surface area contributed by atoms with Gasteiger partial charge in [0, 0.05) is 6.42 Å². The van der Waals surface area contributed by atoms with Crippen LogP contribution in [-0.4, -0.2) is 5.78 Å². The van der Waals surface area contributed by atoms with E-state index in [0.29, 0.717) is 11.2 Å². The summed E-state index contributed by atoms with van der Waals surface area (Å²) in [6.45, 7) is 1.98. The molecule has 0 aliphatic heterocycles. The van der Waals surface area contributed by atoms with E-state index in [9.17, 15) is 4.79 Å². The van der Waals surface area contributed by atoms with E-state index < -0.39 is 0 Å². The Morgan fingerprint density at radius 1 is 1.36 bits per heavy atom. The molecule has 0 aromatic carbocycles. The van der Waals surface area contributed by atoms with E-state index in [1.807, 2.05) is 13.0 Å². The number of carbonyl (C=O) groups excluding carboxylic acids is 1. The zero-order chi connectivity index (χ0) is 7.90. The van der Waals surface area contributed by atoms with Crippen LogP contribution >= 0.6 is 0 Å². The first-order valence-electron chi connectivity index (χ1n) is 4.44. The van der Waals surface area contributed by atoms with E-state index in [1.54, 1.807) is 0 Å². The number of carbonyl (C=O) groups is 1. The third-order valence-corrected chi connectivity index (χ3v) is 3.11. The second-order valence-corrected chi connectivity index (χ2v) is 3.91. The van der Waals surface area contributed by atoms with Crippen molar-refractivity contribution in [2.45, 2.75) is 39.0 Å². The first kappa shape index (κ1) is 7.08. The Balaban J connectivity index is 2.14. The Labute approximate surface area is 67.5 Å². The lowest BCUT2D eigenvalue weighted by Crippen LogP contribution is -2.17. The van der Waals surface area contributed by atoms with Gasteiger partial charge in [0.15, 0.2) is 5.78 Å². The van der Waals surface area contributed by atoms with Crippen LogP contribution in [0, 0.1) is 5.41 Å². The fourth-order valence-corrected chi connectivity index (χ4v) is 2.00. The molecule has 0 radical (unpaired) electrons. The molecule has 2 aliphatic rings. The molecule has 0 unspecified atom stereocenters. The van der Waals surface area contributed by atoms with Crippen molar-refractivity contribution in [1.82, 2.24) is 0 Å². The van der Waals surface area contributed by atoms with Gasteiger partial charge < -0.3 is 0 Å². The minimum Gasteiger partial charge on any atom is -0.295 e. The van der Waals surface area contributed by atoms with Gasteiger partial charge in [0.2, 0.25) is 0 Å². The highest BCUT2D eigenvalue weighted by Gasteiger charge is 2.46. The number of Topliss-reactive ketones (excluding diaryl/α,β-unsaturated/α-hetero) is 1. The molecule has 2 saturated carbocycles. The molecular formula is C10H14O. The third kappa shape index (κ3) is 1.13. The minimum absolute atomic E-state index is 0.394. The molecule has 2 fully saturated rings. The van der Waals surface area contributed by atoms with Crippen LogP contribution in [0.1, 0.15) is 39.0 Å². The Hall–Kier alpha value is -0.590. The van der Waals surface area contributed by atoms with Gasteiger partial charge in [0.1, 0.15) is 0 Å². The number of ketones is 1. The summed E-state index contributed by atoms with van der Waals surface area (Å²) in [5.41, 5.74) is 1.68. The van der Waals surface area contributed by atoms with E-state index in [1.165, 1.54) is 12.8 Å². The van der Waals surface area contributed by atoms with E-state index in [2.05, 4.69) is 0 Å². The molecular weight excluding hydrogens is 136 g/mol. The number of hydrogen-bond acceptors (Lipinski definition) is 1. The third-order valence-electron chi connectivity index (χ3n) is 3.11. The Morgan fingerprint density at radius 2 is 2.09 bits per heavy atom. The van der Waals surface area contributed by atoms with Crippen LogP contribution in [0.2, 0.25) is 0 Å². The average molecular weight is 150 g/mol. The molecule has 0 saturated heterocycles. The van der Waals surface area contributed by atoms with E-state index in [-0.39, 0.29) is 0 Å². The minimum atomic E-state index is 0.394. The molecule has 2 rings (SSSR count). The molecule has 60 valence electrons. The van der Waals surface area contributed by atoms with Crippen LogP contribution in [0.15, 0.2) is 11.6 Å². The van der Waals surface area contributed by atoms with Gasteiger partial charge >= 0.3 is 0 Å². The molecule has 0 amide bonds. The van der Waals surface area contributed by atoms with Gasteiger partial charge in [-0.1, -0.05) is 6.08 Å². The normalized spacial score (nSPS) is 31.4. The average Bonchev–Trinajstić information content (AvgIpc) is 2.76. The molecule has 2 aliphatic carbocycles. The largest absolute Gasteiger partial charge is 0.295 e. The Morgan fingerprint density at radius 3 is 2.64 bits per heavy atom. The monoisotopic (exact) mass is 150 g/mol. The summed E-state index contributed by atoms with van der Waals surface area (Å²) in [6, 6.07) is 0. The molecule has 0 N–H and O–H groups in total. The van der Waals surface area contributed by atoms with Gasteiger partial charge in [-0.05, 0) is 43.6 Å². The zero-order valence-electron chi connectivity index (χ0n) is 7.02. The topological polar surface area (TPSA) is 17.1 Å². The summed E-state index contributed by atoms with van der Waals surface area (Å²) in [5.74, 6) is 0.394. The maximum atomic E-state index is 11.3. The maximum absolute atomic E-state index is 11.3. The molecule has 1 spiro atoms. The quantitative estimate of drug-likeness (QED) is 0.485. The second kappa shape index (κ2) is 2.20. The smallest absolute Gasteiger partial charge is 0.158 e. The summed E-state index contributed by atoms with van der Waals surface area (Å²) < 4.78 is 0. The first-order valence-corrected chi connectivity index (χ1v) is 4.44. The van der Waals surface area contributed by atoms with Gasteiger partial charge in [0.05, 0.1) is 0 Å². The predicted octanol–water partition coefficient (Wildman–Crippen LogP) is 2.47. The van der Waals surface area contributed by atoms with Gasteiger partial charge in [-0.3, -0.25) is 4.79 Å². The lowest BCUT2D eigenvalue weighted by atomic mass is 9.82. The highest BCUT2D eigenvalue weighted by Crippen LogP contribution is 2.56. The molecule has 0 atom stereocenters. The van der Waals surface area contributed by atoms with Crippen molar-refractivity contribution in [3.63, 3.8) is 0 Å². The van der Waals surface area contributed by atoms with Gasteiger partial charge in [0.25, 0.3) is 0 Å². The fourth-order valence-electron chi connectivity index (χ4n) is 2.00. The zero-order valence-corrected chi connectivity index (χ0v) is 7.02. The summed E-state index contributed by atoms with van der Waals surface area (Å²) in [5, 5.41) is 0. The van der Waals surface area contributed by atoms with Crippen LogP contribution in [0.4, 0.5) is 0 Å². The number of allylic oxidation sites excluding steroid dienone is 2. The van der Waals surface area contributed by atoms with Crippen molar-refractivity contribution >= 4 is 5.78 Å². The lowest BCUT2D eigenvalue weighted by molar-refractivity contribution is -0.117. The highest BCUT2D eigenvalue weighted by molar-refractivity contribution is 5.96. The standard InChI is InChI=1S/C10H14O/c1-2-8-7-10(5-6-10)4-3-9(8)11/h2H,3-7H2,1H3/b8-2-. The van der Waals surface area contributed by atoms with Gasteiger partial charge in [-0.2, -0.15) is 0 Å². The highest BCUT2D eigenvalue weighted by atomic mass is 16.1. The van der Waals surface area contributed by atoms with Crippen molar-refractivity contribution in [2.24, 2.45) is 5.41 Å². The molecule has 0 aromatic heterocycles. The molecule has 11 heavy (non-hydrogen) atoms. The lowest BCUT2D eigenvalue weighted by Gasteiger charge is -2.21. The first-order chi connectivity index (χ1) is 5.26. The van der Waals surface area contributed by atoms with Crippen LogP contribution in [0.5, 0.6) is 0 Å². The van der Waals surface area contributed by atoms with Crippen molar-refractivity contribution in [3.05, 3.63) is 11.6 Å². The number of rotatable bonds is 0. The predicted molar refractivity (Wildman–Crippen MR) is 44.3 cm³/mol. The van der Waals surface area contributed by atoms with Crippen molar-refractivity contribution in [3.8, 4) is 0 Å². The summed E-state index contributed by atoms with van der Waals surface area (Å²) >= 11 is 0. The molecule has 0 heterocycles. The van der Waals surface area contributed by atoms with E-state index in [0.717, 1.165) is 24.8 Å². The van der Waals surface area contributed by atoms with E-state index in [4.69, 9.17) is 0 Å². The molecule has 0 bridgehead atoms. The summed E-state index contributed by atoms with van der Waals surface area (Å²) in [7, 11) is 0. The fraction of sp³-hybridized carbons (Fsp3) is 0.700. The van der Waals surface area contributed by atoms with Crippen LogP contribution in [0.25, 0.3) is 0 Å². The van der Waals surface area contributed by atoms with Crippen molar-refractivity contribution in [2.75, 3.05) is 0 Å². The second-order valence-electron chi connectivity index (χ2n) is 3.91. The summed E-state index contributed by atoms with van der Waals surface area (Å²) in [6.07, 6.45) is 7.75. The van der Waals surface area contributed by atoms with Gasteiger partial charge in [-0.25, -0.2) is 0 Å². The molecule has 1 heteroatoms. The summed E-state index contributed by atoms with van der Waals surface area (Å²) in [4.78, 5) is 11.3. The Kier molecular flexibility index (Phi) is 1.41. The van der Waals surface area contributed by atoms with Crippen molar-refractivity contribution in [1.29, 1.82) is 0 Å². The van der Waals surface area contributed by atoms with Crippen LogP contribution in [-0.2, 0) is 4.79 Å². The van der Waals surface area contributed by atoms with Gasteiger partial charge in [-0.15, -0.1) is 0 Å². The maximum Gasteiger partial charge on any atom is 0.158 e.